The van der Waals surface area contributed by atoms with E-state index in [0.717, 1.165) is 12.8 Å². The van der Waals surface area contributed by atoms with Gasteiger partial charge in [-0.1, -0.05) is 19.4 Å². The molecule has 1 aliphatic rings. The van der Waals surface area contributed by atoms with Crippen LogP contribution in [0, 0.1) is 0 Å². The van der Waals surface area contributed by atoms with E-state index in [-0.39, 0.29) is 28.9 Å². The average Bonchev–Trinajstić information content (AvgIpc) is 3.15. The van der Waals surface area contributed by atoms with Gasteiger partial charge >= 0.3 is 0 Å². The maximum absolute atomic E-state index is 12.6. The fraction of sp³-hybridized carbons (Fsp3) is 0.471. The summed E-state index contributed by atoms with van der Waals surface area (Å²) in [5.74, 6) is -0.728. The van der Waals surface area contributed by atoms with Crippen LogP contribution in [0.4, 0.5) is 0 Å². The van der Waals surface area contributed by atoms with Gasteiger partial charge in [-0.2, -0.15) is 0 Å². The van der Waals surface area contributed by atoms with E-state index in [4.69, 9.17) is 0 Å². The summed E-state index contributed by atoms with van der Waals surface area (Å²) in [6.07, 6.45) is 3.87. The highest BCUT2D eigenvalue weighted by atomic mass is 32.2. The predicted molar refractivity (Wildman–Crippen MR) is 97.0 cm³/mol. The van der Waals surface area contributed by atoms with E-state index in [1.54, 1.807) is 28.8 Å². The Bertz CT molecular complexity index is 935. The fourth-order valence-corrected chi connectivity index (χ4v) is 4.66. The molecule has 26 heavy (non-hydrogen) atoms. The molecular weight excluding hydrogens is 356 g/mol. The van der Waals surface area contributed by atoms with Crippen LogP contribution in [0.2, 0.25) is 0 Å². The Kier molecular flexibility index (Phi) is 5.26. The second kappa shape index (κ2) is 7.45. The third-order valence-corrected chi connectivity index (χ3v) is 6.12. The van der Waals surface area contributed by atoms with Crippen molar-refractivity contribution in [1.82, 2.24) is 20.0 Å². The summed E-state index contributed by atoms with van der Waals surface area (Å²) in [7, 11) is -3.09. The first-order chi connectivity index (χ1) is 12.4. The van der Waals surface area contributed by atoms with Gasteiger partial charge in [0.25, 0.3) is 11.8 Å². The normalized spacial score (nSPS) is 18.7. The van der Waals surface area contributed by atoms with Crippen LogP contribution in [0.1, 0.15) is 47.3 Å². The van der Waals surface area contributed by atoms with Crippen LogP contribution in [0.5, 0.6) is 0 Å². The van der Waals surface area contributed by atoms with Crippen molar-refractivity contribution in [2.45, 2.75) is 32.2 Å². The van der Waals surface area contributed by atoms with Gasteiger partial charge in [0.2, 0.25) is 5.82 Å². The smallest absolute Gasteiger partial charge is 0.287 e. The lowest BCUT2D eigenvalue weighted by atomic mass is 10.2. The lowest BCUT2D eigenvalue weighted by Crippen LogP contribution is -2.36. The molecule has 1 atom stereocenters. The van der Waals surface area contributed by atoms with E-state index in [0.29, 0.717) is 18.5 Å². The number of rotatable bonds is 6. The SMILES string of the molecule is CCCCNC(=O)c1nc(C(=O)NC2CCS(=O)(=O)C2)n2ccccc12. The van der Waals surface area contributed by atoms with Crippen molar-refractivity contribution in [1.29, 1.82) is 0 Å². The molecule has 8 nitrogen and oxygen atoms in total. The Labute approximate surface area is 151 Å². The van der Waals surface area contributed by atoms with Gasteiger partial charge in [-0.25, -0.2) is 13.4 Å². The number of nitrogens with one attached hydrogen (secondary N) is 2. The van der Waals surface area contributed by atoms with Crippen LogP contribution in [0.15, 0.2) is 24.4 Å². The van der Waals surface area contributed by atoms with Crippen LogP contribution in [-0.2, 0) is 9.84 Å². The predicted octanol–water partition coefficient (Wildman–Crippen LogP) is 0.781. The molecule has 1 fully saturated rings. The molecule has 3 heterocycles. The highest BCUT2D eigenvalue weighted by Gasteiger charge is 2.30. The standard InChI is InChI=1S/C17H22N4O4S/c1-2-3-8-18-16(22)14-13-6-4-5-9-21(13)15(20-14)17(23)19-12-7-10-26(24,25)11-12/h4-6,9,12H,2-3,7-8,10-11H2,1H3,(H,18,22)(H,19,23). The number of carbonyl (C=O) groups is 2. The van der Waals surface area contributed by atoms with E-state index in [1.807, 2.05) is 6.92 Å². The minimum absolute atomic E-state index is 0.0631. The first kappa shape index (κ1) is 18.4. The number of hydrogen-bond donors (Lipinski definition) is 2. The summed E-state index contributed by atoms with van der Waals surface area (Å²) >= 11 is 0. The monoisotopic (exact) mass is 378 g/mol. The highest BCUT2D eigenvalue weighted by molar-refractivity contribution is 7.91. The third kappa shape index (κ3) is 3.87. The number of fused-ring (bicyclic) bond motifs is 1. The molecule has 0 saturated carbocycles. The molecule has 2 N–H and O–H groups in total. The van der Waals surface area contributed by atoms with Gasteiger partial charge in [-0.3, -0.25) is 14.0 Å². The van der Waals surface area contributed by atoms with Crippen LogP contribution < -0.4 is 10.6 Å². The lowest BCUT2D eigenvalue weighted by molar-refractivity contribution is 0.0930. The molecule has 2 aromatic heterocycles. The molecule has 9 heteroatoms. The Morgan fingerprint density at radius 3 is 2.81 bits per heavy atom. The lowest BCUT2D eigenvalue weighted by Gasteiger charge is -2.09. The van der Waals surface area contributed by atoms with Crippen molar-refractivity contribution in [3.63, 3.8) is 0 Å². The molecule has 140 valence electrons. The number of imidazole rings is 1. The zero-order valence-corrected chi connectivity index (χ0v) is 15.4. The van der Waals surface area contributed by atoms with Crippen LogP contribution in [-0.4, -0.2) is 53.7 Å². The molecular formula is C17H22N4O4S. The molecule has 0 aromatic carbocycles. The molecule has 0 radical (unpaired) electrons. The Morgan fingerprint density at radius 2 is 2.12 bits per heavy atom. The fourth-order valence-electron chi connectivity index (χ4n) is 2.99. The van der Waals surface area contributed by atoms with Crippen LogP contribution >= 0.6 is 0 Å². The Balaban J connectivity index is 1.84. The Morgan fingerprint density at radius 1 is 1.31 bits per heavy atom. The van der Waals surface area contributed by atoms with E-state index < -0.39 is 21.8 Å². The number of aromatic nitrogens is 2. The van der Waals surface area contributed by atoms with Crippen molar-refractivity contribution < 1.29 is 18.0 Å². The molecule has 1 aliphatic heterocycles. The number of pyridine rings is 1. The van der Waals surface area contributed by atoms with Crippen LogP contribution in [0.25, 0.3) is 5.52 Å². The Hall–Kier alpha value is -2.42. The minimum atomic E-state index is -3.09. The van der Waals surface area contributed by atoms with E-state index in [1.165, 1.54) is 0 Å². The van der Waals surface area contributed by atoms with Crippen molar-refractivity contribution in [2.24, 2.45) is 0 Å². The molecule has 0 aliphatic carbocycles. The zero-order chi connectivity index (χ0) is 18.7. The minimum Gasteiger partial charge on any atom is -0.351 e. The molecule has 1 unspecified atom stereocenters. The quantitative estimate of drug-likeness (QED) is 0.722. The number of amides is 2. The molecule has 2 amide bonds. The number of hydrogen-bond acceptors (Lipinski definition) is 5. The number of carbonyl (C=O) groups excluding carboxylic acids is 2. The second-order valence-corrected chi connectivity index (χ2v) is 8.65. The van der Waals surface area contributed by atoms with Gasteiger partial charge < -0.3 is 10.6 Å². The summed E-state index contributed by atoms with van der Waals surface area (Å²) in [6, 6.07) is 4.80. The highest BCUT2D eigenvalue weighted by Crippen LogP contribution is 2.15. The van der Waals surface area contributed by atoms with Gasteiger partial charge in [0.15, 0.2) is 15.5 Å². The van der Waals surface area contributed by atoms with Gasteiger partial charge in [0.1, 0.15) is 0 Å². The first-order valence-corrected chi connectivity index (χ1v) is 10.5. The largest absolute Gasteiger partial charge is 0.351 e. The van der Waals surface area contributed by atoms with E-state index in [9.17, 15) is 18.0 Å². The molecule has 1 saturated heterocycles. The van der Waals surface area contributed by atoms with Gasteiger partial charge in [0.05, 0.1) is 17.0 Å². The molecule has 0 spiro atoms. The summed E-state index contributed by atoms with van der Waals surface area (Å²) in [5.41, 5.74) is 0.719. The first-order valence-electron chi connectivity index (χ1n) is 8.68. The molecule has 3 rings (SSSR count). The number of nitrogens with zero attached hydrogens (tertiary/aromatic N) is 2. The van der Waals surface area contributed by atoms with Gasteiger partial charge in [-0.15, -0.1) is 0 Å². The zero-order valence-electron chi connectivity index (χ0n) is 14.6. The van der Waals surface area contributed by atoms with Crippen LogP contribution in [0.3, 0.4) is 0 Å². The maximum atomic E-state index is 12.6. The summed E-state index contributed by atoms with van der Waals surface area (Å²) in [4.78, 5) is 29.2. The van der Waals surface area contributed by atoms with Crippen molar-refractivity contribution in [3.05, 3.63) is 35.9 Å². The van der Waals surface area contributed by atoms with Crippen molar-refractivity contribution >= 4 is 27.2 Å². The topological polar surface area (TPSA) is 110 Å². The number of sulfone groups is 1. The van der Waals surface area contributed by atoms with E-state index >= 15 is 0 Å². The summed E-state index contributed by atoms with van der Waals surface area (Å²) < 4.78 is 24.7. The number of unbranched alkanes of at least 4 members (excludes halogenated alkanes) is 1. The second-order valence-electron chi connectivity index (χ2n) is 6.42. The van der Waals surface area contributed by atoms with Gasteiger partial charge in [-0.05, 0) is 25.0 Å². The van der Waals surface area contributed by atoms with Gasteiger partial charge in [0, 0.05) is 18.8 Å². The summed E-state index contributed by atoms with van der Waals surface area (Å²) in [5, 5.41) is 5.52. The summed E-state index contributed by atoms with van der Waals surface area (Å²) in [6.45, 7) is 2.58. The maximum Gasteiger partial charge on any atom is 0.287 e. The third-order valence-electron chi connectivity index (χ3n) is 4.35. The van der Waals surface area contributed by atoms with Crippen molar-refractivity contribution in [2.75, 3.05) is 18.1 Å². The molecule has 0 bridgehead atoms. The van der Waals surface area contributed by atoms with E-state index in [2.05, 4.69) is 15.6 Å². The average molecular weight is 378 g/mol. The van der Waals surface area contributed by atoms with Crippen molar-refractivity contribution in [3.8, 4) is 0 Å². The molecule has 2 aromatic rings.